The number of halogens is 5. The number of nitrogens with two attached hydrogens (primary N) is 1. The zero-order valence-electron chi connectivity index (χ0n) is 19.6. The fourth-order valence-corrected chi connectivity index (χ4v) is 5.11. The van der Waals surface area contributed by atoms with Gasteiger partial charge < -0.3 is 5.73 Å². The minimum Gasteiger partial charge on any atom is -0.324 e. The molecule has 192 valence electrons. The maximum Gasteiger partial charge on any atom is 0.408 e. The molecular formula is C25H27Cl2F3N6. The summed E-state index contributed by atoms with van der Waals surface area (Å²) in [6.07, 6.45) is -0.126. The monoisotopic (exact) mass is 538 g/mol. The molecule has 0 spiro atoms. The molecule has 0 amide bonds. The van der Waals surface area contributed by atoms with Crippen LogP contribution in [0.5, 0.6) is 0 Å². The lowest BCUT2D eigenvalue weighted by Gasteiger charge is -2.31. The predicted octanol–water partition coefficient (Wildman–Crippen LogP) is 5.69. The lowest BCUT2D eigenvalue weighted by atomic mass is 10.0. The number of likely N-dealkylation sites (tertiary alicyclic amines) is 1. The van der Waals surface area contributed by atoms with E-state index in [1.165, 1.54) is 22.7 Å². The summed E-state index contributed by atoms with van der Waals surface area (Å²) in [5, 5.41) is 9.51. The van der Waals surface area contributed by atoms with E-state index in [4.69, 9.17) is 10.7 Å². The Morgan fingerprint density at radius 2 is 1.83 bits per heavy atom. The Balaban J connectivity index is 0.00000152. The summed E-state index contributed by atoms with van der Waals surface area (Å²) in [6.45, 7) is 2.27. The summed E-state index contributed by atoms with van der Waals surface area (Å²) in [5.74, 6) is 0.949. The van der Waals surface area contributed by atoms with Gasteiger partial charge in [-0.05, 0) is 55.4 Å². The first-order chi connectivity index (χ1) is 16.2. The van der Waals surface area contributed by atoms with Gasteiger partial charge >= 0.3 is 6.18 Å². The summed E-state index contributed by atoms with van der Waals surface area (Å²) in [4.78, 5) is 6.29. The van der Waals surface area contributed by atoms with Crippen LogP contribution in [0, 0.1) is 0 Å². The van der Waals surface area contributed by atoms with Crippen molar-refractivity contribution in [1.82, 2.24) is 24.5 Å². The summed E-state index contributed by atoms with van der Waals surface area (Å²) in [6, 6.07) is 11.3. The Bertz CT molecular complexity index is 1400. The van der Waals surface area contributed by atoms with E-state index in [0.29, 0.717) is 36.0 Å². The maximum atomic E-state index is 14.2. The summed E-state index contributed by atoms with van der Waals surface area (Å²) < 4.78 is 44.3. The van der Waals surface area contributed by atoms with Crippen LogP contribution in [0.4, 0.5) is 13.2 Å². The highest BCUT2D eigenvalue weighted by Gasteiger charge is 2.48. The molecule has 36 heavy (non-hydrogen) atoms. The second-order valence-electron chi connectivity index (χ2n) is 9.92. The molecule has 11 heteroatoms. The van der Waals surface area contributed by atoms with Gasteiger partial charge in [-0.15, -0.1) is 35.0 Å². The first kappa shape index (κ1) is 26.6. The average molecular weight is 539 g/mol. The Labute approximate surface area is 218 Å². The number of aromatic nitrogens is 4. The number of fused-ring (bicyclic) bond motifs is 2. The molecule has 0 radical (unpaired) electrons. The highest BCUT2D eigenvalue weighted by atomic mass is 35.5. The molecule has 0 bridgehead atoms. The fourth-order valence-electron chi connectivity index (χ4n) is 5.11. The highest BCUT2D eigenvalue weighted by molar-refractivity contribution is 5.86. The van der Waals surface area contributed by atoms with Gasteiger partial charge in [-0.3, -0.25) is 9.30 Å². The molecule has 3 aromatic heterocycles. The van der Waals surface area contributed by atoms with E-state index in [0.717, 1.165) is 23.7 Å². The molecule has 2 atom stereocenters. The number of rotatable bonds is 4. The van der Waals surface area contributed by atoms with Crippen molar-refractivity contribution < 1.29 is 13.2 Å². The van der Waals surface area contributed by atoms with Gasteiger partial charge in [-0.1, -0.05) is 30.3 Å². The van der Waals surface area contributed by atoms with Crippen molar-refractivity contribution in [2.45, 2.75) is 49.9 Å². The predicted molar refractivity (Wildman–Crippen MR) is 138 cm³/mol. The fraction of sp³-hybridized carbons (Fsp3) is 0.400. The van der Waals surface area contributed by atoms with Crippen molar-refractivity contribution in [1.29, 1.82) is 0 Å². The number of pyridine rings is 2. The topological polar surface area (TPSA) is 72.3 Å². The molecule has 2 aliphatic rings. The summed E-state index contributed by atoms with van der Waals surface area (Å²) in [5.41, 5.74) is 8.84. The molecule has 1 saturated carbocycles. The van der Waals surface area contributed by atoms with Gasteiger partial charge in [0, 0.05) is 30.2 Å². The van der Waals surface area contributed by atoms with Crippen LogP contribution in [0.1, 0.15) is 49.3 Å². The van der Waals surface area contributed by atoms with Crippen molar-refractivity contribution in [2.24, 2.45) is 5.73 Å². The molecule has 0 unspecified atom stereocenters. The summed E-state index contributed by atoms with van der Waals surface area (Å²) >= 11 is 0. The SMILES string of the molecule is C[C@]1(N)CCN([C@H](c2ccc3nnc(-c4ccc5cccc(C6CC6)c5n4)n3c2)C(F)(F)F)C1.Cl.Cl. The molecule has 6 nitrogen and oxygen atoms in total. The number of alkyl halides is 3. The third-order valence-corrected chi connectivity index (χ3v) is 6.95. The molecule has 1 aromatic carbocycles. The number of benzene rings is 1. The molecule has 2 fully saturated rings. The third kappa shape index (κ3) is 4.77. The number of para-hydroxylation sites is 1. The van der Waals surface area contributed by atoms with E-state index in [9.17, 15) is 13.2 Å². The van der Waals surface area contributed by atoms with Crippen LogP contribution in [-0.4, -0.2) is 49.3 Å². The summed E-state index contributed by atoms with van der Waals surface area (Å²) in [7, 11) is 0. The molecule has 4 heterocycles. The average Bonchev–Trinajstić information content (AvgIpc) is 3.45. The van der Waals surface area contributed by atoms with Gasteiger partial charge in [0.15, 0.2) is 11.5 Å². The van der Waals surface area contributed by atoms with Crippen LogP contribution in [0.2, 0.25) is 0 Å². The first-order valence-electron chi connectivity index (χ1n) is 11.5. The number of hydrogen-bond donors (Lipinski definition) is 1. The largest absolute Gasteiger partial charge is 0.408 e. The van der Waals surface area contributed by atoms with Crippen molar-refractivity contribution in [3.05, 3.63) is 59.8 Å². The molecule has 1 saturated heterocycles. The maximum absolute atomic E-state index is 14.2. The quantitative estimate of drug-likeness (QED) is 0.361. The van der Waals surface area contributed by atoms with Gasteiger partial charge in [-0.25, -0.2) is 4.98 Å². The second kappa shape index (κ2) is 9.45. The van der Waals surface area contributed by atoms with Crippen LogP contribution < -0.4 is 5.73 Å². The third-order valence-electron chi connectivity index (χ3n) is 6.95. The van der Waals surface area contributed by atoms with Crippen molar-refractivity contribution in [3.8, 4) is 11.5 Å². The van der Waals surface area contributed by atoms with E-state index >= 15 is 0 Å². The van der Waals surface area contributed by atoms with Crippen molar-refractivity contribution >= 4 is 41.4 Å². The van der Waals surface area contributed by atoms with E-state index < -0.39 is 17.8 Å². The van der Waals surface area contributed by atoms with Crippen LogP contribution in [0.25, 0.3) is 28.1 Å². The Morgan fingerprint density at radius 1 is 1.06 bits per heavy atom. The van der Waals surface area contributed by atoms with Gasteiger partial charge in [0.2, 0.25) is 0 Å². The van der Waals surface area contributed by atoms with Crippen molar-refractivity contribution in [2.75, 3.05) is 13.1 Å². The zero-order valence-corrected chi connectivity index (χ0v) is 21.2. The smallest absolute Gasteiger partial charge is 0.324 e. The lowest BCUT2D eigenvalue weighted by Crippen LogP contribution is -2.43. The second-order valence-corrected chi connectivity index (χ2v) is 9.92. The Morgan fingerprint density at radius 3 is 2.50 bits per heavy atom. The minimum atomic E-state index is -4.44. The molecule has 6 rings (SSSR count). The number of hydrogen-bond acceptors (Lipinski definition) is 5. The van der Waals surface area contributed by atoms with Crippen LogP contribution in [-0.2, 0) is 0 Å². The van der Waals surface area contributed by atoms with Gasteiger partial charge in [0.1, 0.15) is 11.7 Å². The van der Waals surface area contributed by atoms with E-state index in [1.54, 1.807) is 17.4 Å². The van der Waals surface area contributed by atoms with Crippen LogP contribution >= 0.6 is 24.8 Å². The molecular weight excluding hydrogens is 512 g/mol. The molecule has 1 aliphatic heterocycles. The van der Waals surface area contributed by atoms with Gasteiger partial charge in [-0.2, -0.15) is 13.2 Å². The van der Waals surface area contributed by atoms with Crippen molar-refractivity contribution in [3.63, 3.8) is 0 Å². The first-order valence-corrected chi connectivity index (χ1v) is 11.5. The van der Waals surface area contributed by atoms with Crippen LogP contribution in [0.3, 0.4) is 0 Å². The van der Waals surface area contributed by atoms with Gasteiger partial charge in [0.25, 0.3) is 0 Å². The van der Waals surface area contributed by atoms with E-state index in [-0.39, 0.29) is 36.9 Å². The van der Waals surface area contributed by atoms with Gasteiger partial charge in [0.05, 0.1) is 5.52 Å². The minimum absolute atomic E-state index is 0. The standard InChI is InChI=1S/C25H25F3N6.2ClH/c1-24(29)11-12-33(14-24)22(25(26,27)28)17-8-10-20-31-32-23(34(20)13-17)19-9-7-16-3-2-4-18(15-5-6-15)21(16)30-19;;/h2-4,7-10,13,15,22H,5-6,11-12,14,29H2,1H3;2*1H/t22-,24+;;/m1../s1. The Kier molecular flexibility index (Phi) is 6.98. The van der Waals surface area contributed by atoms with E-state index in [1.807, 2.05) is 24.3 Å². The zero-order chi connectivity index (χ0) is 23.7. The normalized spacial score (nSPS) is 21.4. The molecule has 1 aliphatic carbocycles. The Hall–Kier alpha value is -2.46. The van der Waals surface area contributed by atoms with Crippen LogP contribution in [0.15, 0.2) is 48.7 Å². The van der Waals surface area contributed by atoms with E-state index in [2.05, 4.69) is 16.3 Å². The lowest BCUT2D eigenvalue weighted by molar-refractivity contribution is -0.184. The highest BCUT2D eigenvalue weighted by Crippen LogP contribution is 2.43. The number of nitrogens with zero attached hydrogens (tertiary/aromatic N) is 5. The molecule has 4 aromatic rings. The molecule has 2 N–H and O–H groups in total.